The van der Waals surface area contributed by atoms with Gasteiger partial charge < -0.3 is 31.2 Å². The molecule has 102 valence electrons. The molecule has 0 aliphatic rings. The highest BCUT2D eigenvalue weighted by Gasteiger charge is 2.04. The molecule has 1 aromatic carbocycles. The summed E-state index contributed by atoms with van der Waals surface area (Å²) in [7, 11) is 0. The molecule has 6 nitrogen and oxygen atoms in total. The molecule has 0 spiro atoms. The lowest BCUT2D eigenvalue weighted by atomic mass is 10.3. The van der Waals surface area contributed by atoms with Gasteiger partial charge in [-0.15, -0.1) is 0 Å². The maximum Gasteiger partial charge on any atom is 0.119 e. The van der Waals surface area contributed by atoms with Crippen molar-refractivity contribution in [3.05, 3.63) is 24.3 Å². The van der Waals surface area contributed by atoms with Crippen LogP contribution in [0.1, 0.15) is 0 Å². The van der Waals surface area contributed by atoms with Gasteiger partial charge in [-0.3, -0.25) is 0 Å². The van der Waals surface area contributed by atoms with Gasteiger partial charge in [-0.2, -0.15) is 0 Å². The summed E-state index contributed by atoms with van der Waals surface area (Å²) < 4.78 is 10.6. The first kappa shape index (κ1) is 14.7. The number of hydrogen-bond acceptors (Lipinski definition) is 6. The van der Waals surface area contributed by atoms with Crippen LogP contribution in [-0.4, -0.2) is 48.7 Å². The summed E-state index contributed by atoms with van der Waals surface area (Å²) >= 11 is 0. The zero-order chi connectivity index (χ0) is 13.4. The third kappa shape index (κ3) is 5.33. The van der Waals surface area contributed by atoms with Crippen LogP contribution in [0.15, 0.2) is 24.3 Å². The van der Waals surface area contributed by atoms with Crippen LogP contribution in [0, 0.1) is 0 Å². The van der Waals surface area contributed by atoms with Gasteiger partial charge in [0.2, 0.25) is 0 Å². The van der Waals surface area contributed by atoms with Crippen LogP contribution >= 0.6 is 0 Å². The van der Waals surface area contributed by atoms with E-state index in [2.05, 4.69) is 0 Å². The molecule has 0 heterocycles. The summed E-state index contributed by atoms with van der Waals surface area (Å²) in [5.41, 5.74) is 10.5. The fourth-order valence-electron chi connectivity index (χ4n) is 1.15. The van der Waals surface area contributed by atoms with E-state index in [9.17, 15) is 10.2 Å². The normalized spacial score (nSPS) is 14.0. The second-order valence-corrected chi connectivity index (χ2v) is 3.87. The second kappa shape index (κ2) is 7.88. The summed E-state index contributed by atoms with van der Waals surface area (Å²) in [5.74, 6) is 1.24. The molecular weight excluding hydrogens is 236 g/mol. The van der Waals surface area contributed by atoms with Crippen molar-refractivity contribution in [2.24, 2.45) is 11.5 Å². The summed E-state index contributed by atoms with van der Waals surface area (Å²) in [6.45, 7) is 0.640. The minimum atomic E-state index is -0.666. The first-order valence-corrected chi connectivity index (χ1v) is 5.77. The maximum atomic E-state index is 9.23. The van der Waals surface area contributed by atoms with Gasteiger partial charge in [0.25, 0.3) is 0 Å². The van der Waals surface area contributed by atoms with E-state index < -0.39 is 12.2 Å². The largest absolute Gasteiger partial charge is 0.491 e. The maximum absolute atomic E-state index is 9.23. The van der Waals surface area contributed by atoms with Crippen molar-refractivity contribution in [3.8, 4) is 11.5 Å². The zero-order valence-electron chi connectivity index (χ0n) is 10.2. The van der Waals surface area contributed by atoms with Crippen LogP contribution in [0.2, 0.25) is 0 Å². The van der Waals surface area contributed by atoms with Gasteiger partial charge in [0, 0.05) is 13.1 Å². The highest BCUT2D eigenvalue weighted by atomic mass is 16.5. The molecule has 6 N–H and O–H groups in total. The molecule has 0 unspecified atom stereocenters. The number of benzene rings is 1. The zero-order valence-corrected chi connectivity index (χ0v) is 10.2. The van der Waals surface area contributed by atoms with Crippen molar-refractivity contribution in [2.45, 2.75) is 12.2 Å². The Morgan fingerprint density at radius 2 is 1.17 bits per heavy atom. The summed E-state index contributed by atoms with van der Waals surface area (Å²) in [4.78, 5) is 0. The van der Waals surface area contributed by atoms with Gasteiger partial charge in [-0.25, -0.2) is 0 Å². The molecule has 0 saturated carbocycles. The van der Waals surface area contributed by atoms with Crippen molar-refractivity contribution in [1.29, 1.82) is 0 Å². The number of ether oxygens (including phenoxy) is 2. The highest BCUT2D eigenvalue weighted by molar-refractivity contribution is 5.31. The number of hydrogen-bond donors (Lipinski definition) is 4. The first-order valence-electron chi connectivity index (χ1n) is 5.77. The Bertz CT molecular complexity index is 298. The molecule has 1 aromatic rings. The predicted octanol–water partition coefficient (Wildman–Crippen LogP) is -0.917. The molecule has 1 rings (SSSR count). The fourth-order valence-corrected chi connectivity index (χ4v) is 1.15. The minimum Gasteiger partial charge on any atom is -0.491 e. The second-order valence-electron chi connectivity index (χ2n) is 3.87. The minimum absolute atomic E-state index is 0.155. The smallest absolute Gasteiger partial charge is 0.119 e. The van der Waals surface area contributed by atoms with Crippen molar-refractivity contribution >= 4 is 0 Å². The monoisotopic (exact) mass is 256 g/mol. The standard InChI is InChI=1S/C12H20N2O4/c13-5-9(15)7-17-11-1-2-12(4-3-11)18-8-10(16)6-14/h1-4,9-10,15-16H,5-8,13-14H2/t9-,10-/m0/s1. The summed E-state index contributed by atoms with van der Waals surface area (Å²) in [6.07, 6.45) is -1.33. The topological polar surface area (TPSA) is 111 Å². The fraction of sp³-hybridized carbons (Fsp3) is 0.500. The van der Waals surface area contributed by atoms with E-state index in [0.717, 1.165) is 0 Å². The lowest BCUT2D eigenvalue weighted by Gasteiger charge is -2.12. The van der Waals surface area contributed by atoms with Gasteiger partial charge >= 0.3 is 0 Å². The molecule has 6 heteroatoms. The Balaban J connectivity index is 2.37. The number of nitrogens with two attached hydrogens (primary N) is 2. The third-order valence-electron chi connectivity index (χ3n) is 2.25. The van der Waals surface area contributed by atoms with Gasteiger partial charge in [-0.1, -0.05) is 0 Å². The predicted molar refractivity (Wildman–Crippen MR) is 67.6 cm³/mol. The van der Waals surface area contributed by atoms with Gasteiger partial charge in [0.15, 0.2) is 0 Å². The lowest BCUT2D eigenvalue weighted by Crippen LogP contribution is -2.26. The Hall–Kier alpha value is -1.34. The Morgan fingerprint density at radius 1 is 0.833 bits per heavy atom. The Labute approximate surface area is 106 Å². The Morgan fingerprint density at radius 3 is 1.44 bits per heavy atom. The Kier molecular flexibility index (Phi) is 6.45. The summed E-state index contributed by atoms with van der Waals surface area (Å²) in [5, 5.41) is 18.5. The average molecular weight is 256 g/mol. The van der Waals surface area contributed by atoms with Crippen LogP contribution < -0.4 is 20.9 Å². The molecule has 0 fully saturated rings. The highest BCUT2D eigenvalue weighted by Crippen LogP contribution is 2.17. The van der Waals surface area contributed by atoms with E-state index in [-0.39, 0.29) is 26.3 Å². The average Bonchev–Trinajstić information content (AvgIpc) is 2.43. The van der Waals surface area contributed by atoms with E-state index in [4.69, 9.17) is 20.9 Å². The van der Waals surface area contributed by atoms with Crippen LogP contribution in [0.3, 0.4) is 0 Å². The molecule has 0 aliphatic heterocycles. The van der Waals surface area contributed by atoms with Crippen LogP contribution in [0.5, 0.6) is 11.5 Å². The molecule has 0 radical (unpaired) electrons. The van der Waals surface area contributed by atoms with E-state index in [1.165, 1.54) is 0 Å². The van der Waals surface area contributed by atoms with Crippen molar-refractivity contribution in [2.75, 3.05) is 26.3 Å². The van der Waals surface area contributed by atoms with Gasteiger partial charge in [0.1, 0.15) is 36.9 Å². The third-order valence-corrected chi connectivity index (χ3v) is 2.25. The molecule has 0 saturated heterocycles. The molecular formula is C12H20N2O4. The molecule has 0 aliphatic carbocycles. The molecule has 0 aromatic heterocycles. The number of aliphatic hydroxyl groups excluding tert-OH is 2. The van der Waals surface area contributed by atoms with E-state index >= 15 is 0 Å². The van der Waals surface area contributed by atoms with E-state index in [1.54, 1.807) is 24.3 Å². The van der Waals surface area contributed by atoms with Crippen LogP contribution in [-0.2, 0) is 0 Å². The number of rotatable bonds is 8. The SMILES string of the molecule is NC[C@H](O)COc1ccc(OC[C@@H](O)CN)cc1. The van der Waals surface area contributed by atoms with Crippen LogP contribution in [0.25, 0.3) is 0 Å². The molecule has 0 bridgehead atoms. The number of aliphatic hydroxyl groups is 2. The van der Waals surface area contributed by atoms with E-state index in [1.807, 2.05) is 0 Å². The molecule has 2 atom stereocenters. The lowest BCUT2D eigenvalue weighted by molar-refractivity contribution is 0.112. The molecule has 18 heavy (non-hydrogen) atoms. The molecule has 0 amide bonds. The van der Waals surface area contributed by atoms with Crippen molar-refractivity contribution in [3.63, 3.8) is 0 Å². The van der Waals surface area contributed by atoms with Gasteiger partial charge in [-0.05, 0) is 24.3 Å². The van der Waals surface area contributed by atoms with Crippen LogP contribution in [0.4, 0.5) is 0 Å². The van der Waals surface area contributed by atoms with E-state index in [0.29, 0.717) is 11.5 Å². The first-order chi connectivity index (χ1) is 8.65. The van der Waals surface area contributed by atoms with Crippen molar-refractivity contribution < 1.29 is 19.7 Å². The summed E-state index contributed by atoms with van der Waals surface area (Å²) in [6, 6.07) is 6.86. The van der Waals surface area contributed by atoms with Gasteiger partial charge in [0.05, 0.1) is 0 Å². The van der Waals surface area contributed by atoms with Crippen molar-refractivity contribution in [1.82, 2.24) is 0 Å². The quantitative estimate of drug-likeness (QED) is 0.479.